The fraction of sp³-hybridized carbons (Fsp3) is 0.400. The zero-order valence-corrected chi connectivity index (χ0v) is 9.01. The minimum atomic E-state index is 0.581. The van der Waals surface area contributed by atoms with E-state index < -0.39 is 0 Å². The summed E-state index contributed by atoms with van der Waals surface area (Å²) in [6, 6.07) is 7.07. The van der Waals surface area contributed by atoms with Crippen LogP contribution in [0.5, 0.6) is 11.5 Å². The molecule has 0 saturated carbocycles. The topological polar surface area (TPSA) is 41.9 Å². The first-order valence-corrected chi connectivity index (χ1v) is 4.72. The van der Waals surface area contributed by atoms with E-state index in [0.29, 0.717) is 20.0 Å². The standard InChI is InChI=1S/C10H15BNO3/c1-12(2)7-8-14-9-3-5-10(6-4-9)15-11-13/h3-6,13H,7-8H2,1-2H3. The second-order valence-electron chi connectivity index (χ2n) is 3.35. The van der Waals surface area contributed by atoms with Gasteiger partial charge in [-0.2, -0.15) is 0 Å². The third kappa shape index (κ3) is 4.72. The molecule has 0 aliphatic rings. The lowest BCUT2D eigenvalue weighted by Crippen LogP contribution is -2.19. The van der Waals surface area contributed by atoms with Gasteiger partial charge in [0.15, 0.2) is 0 Å². The predicted molar refractivity (Wildman–Crippen MR) is 59.1 cm³/mol. The van der Waals surface area contributed by atoms with Gasteiger partial charge < -0.3 is 19.3 Å². The second-order valence-corrected chi connectivity index (χ2v) is 3.35. The maximum Gasteiger partial charge on any atom is 0.569 e. The number of hydrogen-bond donors (Lipinski definition) is 1. The summed E-state index contributed by atoms with van der Waals surface area (Å²) < 4.78 is 10.3. The Morgan fingerprint density at radius 2 is 1.80 bits per heavy atom. The van der Waals surface area contributed by atoms with Gasteiger partial charge in [0.05, 0.1) is 0 Å². The summed E-state index contributed by atoms with van der Waals surface area (Å²) in [6.07, 6.45) is 0. The van der Waals surface area contributed by atoms with E-state index >= 15 is 0 Å². The molecule has 0 saturated heterocycles. The minimum Gasteiger partial charge on any atom is -0.537 e. The summed E-state index contributed by atoms with van der Waals surface area (Å²) in [5.41, 5.74) is 0. The van der Waals surface area contributed by atoms with Gasteiger partial charge in [0.1, 0.15) is 18.1 Å². The van der Waals surface area contributed by atoms with Crippen LogP contribution in [0.25, 0.3) is 0 Å². The van der Waals surface area contributed by atoms with Crippen molar-refractivity contribution in [1.82, 2.24) is 4.90 Å². The number of rotatable bonds is 6. The molecule has 81 valence electrons. The molecule has 0 aliphatic carbocycles. The quantitative estimate of drug-likeness (QED) is 0.692. The average molecular weight is 208 g/mol. The summed E-state index contributed by atoms with van der Waals surface area (Å²) in [5.74, 6) is 1.37. The first kappa shape index (κ1) is 11.9. The van der Waals surface area contributed by atoms with E-state index in [4.69, 9.17) is 14.4 Å². The van der Waals surface area contributed by atoms with Gasteiger partial charge in [-0.05, 0) is 38.4 Å². The molecule has 5 heteroatoms. The maximum absolute atomic E-state index is 8.41. The van der Waals surface area contributed by atoms with Crippen LogP contribution in [0, 0.1) is 0 Å². The van der Waals surface area contributed by atoms with E-state index in [2.05, 4.69) is 4.90 Å². The van der Waals surface area contributed by atoms with Crippen molar-refractivity contribution >= 4 is 7.69 Å². The molecule has 1 aromatic carbocycles. The highest BCUT2D eigenvalue weighted by atomic mass is 16.5. The highest BCUT2D eigenvalue weighted by molar-refractivity contribution is 6.17. The van der Waals surface area contributed by atoms with Gasteiger partial charge in [0, 0.05) is 6.54 Å². The Bertz CT molecular complexity index is 277. The van der Waals surface area contributed by atoms with Crippen LogP contribution < -0.4 is 9.39 Å². The molecular formula is C10H15BNO3. The monoisotopic (exact) mass is 208 g/mol. The van der Waals surface area contributed by atoms with Gasteiger partial charge in [-0.15, -0.1) is 0 Å². The summed E-state index contributed by atoms with van der Waals surface area (Å²) in [5, 5.41) is 8.41. The van der Waals surface area contributed by atoms with Crippen molar-refractivity contribution in [1.29, 1.82) is 0 Å². The van der Waals surface area contributed by atoms with Gasteiger partial charge in [-0.1, -0.05) is 0 Å². The van der Waals surface area contributed by atoms with Crippen molar-refractivity contribution in [2.75, 3.05) is 27.2 Å². The summed E-state index contributed by atoms with van der Waals surface area (Å²) in [7, 11) is 4.65. The fourth-order valence-corrected chi connectivity index (χ4v) is 1.02. The van der Waals surface area contributed by atoms with Crippen molar-refractivity contribution in [2.45, 2.75) is 0 Å². The molecule has 0 spiro atoms. The molecule has 0 aliphatic heterocycles. The largest absolute Gasteiger partial charge is 0.569 e. The van der Waals surface area contributed by atoms with Gasteiger partial charge in [-0.3, -0.25) is 0 Å². The van der Waals surface area contributed by atoms with Crippen molar-refractivity contribution in [3.63, 3.8) is 0 Å². The molecule has 0 fully saturated rings. The van der Waals surface area contributed by atoms with E-state index in [1.807, 2.05) is 14.1 Å². The van der Waals surface area contributed by atoms with E-state index in [0.717, 1.165) is 12.3 Å². The summed E-state index contributed by atoms with van der Waals surface area (Å²) >= 11 is 0. The molecule has 0 heterocycles. The maximum atomic E-state index is 8.41. The van der Waals surface area contributed by atoms with Gasteiger partial charge >= 0.3 is 7.69 Å². The first-order valence-electron chi connectivity index (χ1n) is 4.72. The molecule has 0 aromatic heterocycles. The Morgan fingerprint density at radius 3 is 2.33 bits per heavy atom. The molecule has 4 nitrogen and oxygen atoms in total. The first-order chi connectivity index (χ1) is 7.22. The zero-order valence-electron chi connectivity index (χ0n) is 9.01. The zero-order chi connectivity index (χ0) is 11.1. The molecule has 1 N–H and O–H groups in total. The smallest absolute Gasteiger partial charge is 0.537 e. The van der Waals surface area contributed by atoms with E-state index in [1.54, 1.807) is 24.3 Å². The van der Waals surface area contributed by atoms with Crippen LogP contribution >= 0.6 is 0 Å². The molecule has 1 radical (unpaired) electrons. The third-order valence-corrected chi connectivity index (χ3v) is 1.82. The lowest BCUT2D eigenvalue weighted by atomic mass is 10.3. The summed E-state index contributed by atoms with van der Waals surface area (Å²) in [4.78, 5) is 2.05. The molecule has 0 bridgehead atoms. The van der Waals surface area contributed by atoms with Crippen LogP contribution in [0.3, 0.4) is 0 Å². The molecule has 1 aromatic rings. The fourth-order valence-electron chi connectivity index (χ4n) is 1.02. The lowest BCUT2D eigenvalue weighted by molar-refractivity contribution is 0.261. The van der Waals surface area contributed by atoms with Crippen molar-refractivity contribution in [3.8, 4) is 11.5 Å². The molecule has 0 atom stereocenters. The Labute approximate surface area is 90.7 Å². The SMILES string of the molecule is CN(C)CCOc1ccc(O[B]O)cc1. The Kier molecular flexibility index (Phi) is 5.00. The van der Waals surface area contributed by atoms with Crippen LogP contribution in [0.1, 0.15) is 0 Å². The van der Waals surface area contributed by atoms with Crippen LogP contribution in [-0.4, -0.2) is 44.9 Å². The highest BCUT2D eigenvalue weighted by Gasteiger charge is 1.97. The molecule has 15 heavy (non-hydrogen) atoms. The lowest BCUT2D eigenvalue weighted by Gasteiger charge is -2.11. The molecular weight excluding hydrogens is 193 g/mol. The van der Waals surface area contributed by atoms with E-state index in [9.17, 15) is 0 Å². The second kappa shape index (κ2) is 6.32. The Morgan fingerprint density at radius 1 is 1.20 bits per heavy atom. The number of ether oxygens (including phenoxy) is 1. The third-order valence-electron chi connectivity index (χ3n) is 1.82. The highest BCUT2D eigenvalue weighted by Crippen LogP contribution is 2.16. The average Bonchev–Trinajstić information content (AvgIpc) is 2.20. The normalized spacial score (nSPS) is 10.1. The van der Waals surface area contributed by atoms with Crippen LogP contribution in [0.4, 0.5) is 0 Å². The van der Waals surface area contributed by atoms with Crippen molar-refractivity contribution in [2.24, 2.45) is 0 Å². The predicted octanol–water partition coefficient (Wildman–Crippen LogP) is 0.532. The molecule has 0 amide bonds. The van der Waals surface area contributed by atoms with Gasteiger partial charge in [-0.25, -0.2) is 0 Å². The number of hydrogen-bond acceptors (Lipinski definition) is 4. The van der Waals surface area contributed by atoms with Crippen molar-refractivity contribution < 1.29 is 14.4 Å². The molecule has 0 unspecified atom stereocenters. The van der Waals surface area contributed by atoms with Crippen molar-refractivity contribution in [3.05, 3.63) is 24.3 Å². The van der Waals surface area contributed by atoms with Gasteiger partial charge in [0.25, 0.3) is 0 Å². The Balaban J connectivity index is 2.36. The number of likely N-dealkylation sites (N-methyl/N-ethyl adjacent to an activating group) is 1. The van der Waals surface area contributed by atoms with Gasteiger partial charge in [0.2, 0.25) is 0 Å². The van der Waals surface area contributed by atoms with Crippen LogP contribution in [0.15, 0.2) is 24.3 Å². The van der Waals surface area contributed by atoms with Crippen LogP contribution in [-0.2, 0) is 0 Å². The Hall–Kier alpha value is -1.20. The van der Waals surface area contributed by atoms with E-state index in [-0.39, 0.29) is 0 Å². The van der Waals surface area contributed by atoms with E-state index in [1.165, 1.54) is 0 Å². The minimum absolute atomic E-state index is 0.581. The number of nitrogens with zero attached hydrogens (tertiary/aromatic N) is 1. The molecule has 1 rings (SSSR count). The number of benzene rings is 1. The van der Waals surface area contributed by atoms with Crippen LogP contribution in [0.2, 0.25) is 0 Å². The summed E-state index contributed by atoms with van der Waals surface area (Å²) in [6.45, 7) is 1.53.